The molecule has 1 aromatic rings. The van der Waals surface area contributed by atoms with Gasteiger partial charge in [-0.25, -0.2) is 4.98 Å². The number of rotatable bonds is 7. The van der Waals surface area contributed by atoms with E-state index in [1.165, 1.54) is 11.3 Å². The average molecular weight is 239 g/mol. The molecule has 90 valence electrons. The molecule has 16 heavy (non-hydrogen) atoms. The normalized spacial score (nSPS) is 10.8. The Bertz CT molecular complexity index is 304. The second-order valence-electron chi connectivity index (χ2n) is 3.77. The summed E-state index contributed by atoms with van der Waals surface area (Å²) >= 11 is 1.88. The first-order chi connectivity index (χ1) is 7.77. The minimum absolute atomic E-state index is 0.915. The van der Waals surface area contributed by atoms with Gasteiger partial charge in [-0.15, -0.1) is 0 Å². The van der Waals surface area contributed by atoms with Crippen LogP contribution < -0.4 is 5.32 Å². The van der Waals surface area contributed by atoms with Crippen molar-refractivity contribution >= 4 is 17.6 Å². The lowest BCUT2D eigenvalue weighted by molar-refractivity contribution is 0.349. The number of pyridine rings is 1. The zero-order valence-corrected chi connectivity index (χ0v) is 11.2. The first-order valence-corrected chi connectivity index (χ1v) is 7.02. The Morgan fingerprint density at radius 1 is 1.50 bits per heavy atom. The van der Waals surface area contributed by atoms with Crippen LogP contribution in [0.3, 0.4) is 0 Å². The lowest BCUT2D eigenvalue weighted by atomic mass is 10.2. The van der Waals surface area contributed by atoms with Gasteiger partial charge >= 0.3 is 0 Å². The topological polar surface area (TPSA) is 28.2 Å². The van der Waals surface area contributed by atoms with E-state index in [9.17, 15) is 0 Å². The Labute approximate surface area is 103 Å². The van der Waals surface area contributed by atoms with Gasteiger partial charge in [0.1, 0.15) is 5.82 Å². The van der Waals surface area contributed by atoms with Crippen LogP contribution in [0.2, 0.25) is 0 Å². The van der Waals surface area contributed by atoms with E-state index in [1.807, 2.05) is 24.0 Å². The highest BCUT2D eigenvalue weighted by Crippen LogP contribution is 2.13. The van der Waals surface area contributed by atoms with Crippen LogP contribution in [-0.4, -0.2) is 42.0 Å². The first-order valence-electron chi connectivity index (χ1n) is 5.63. The van der Waals surface area contributed by atoms with Gasteiger partial charge in [0.15, 0.2) is 0 Å². The lowest BCUT2D eigenvalue weighted by Crippen LogP contribution is -2.21. The Morgan fingerprint density at radius 3 is 3.00 bits per heavy atom. The minimum Gasteiger partial charge on any atom is -0.370 e. The molecule has 0 aromatic carbocycles. The highest BCUT2D eigenvalue weighted by atomic mass is 32.2. The molecule has 0 atom stereocenters. The van der Waals surface area contributed by atoms with E-state index in [1.54, 1.807) is 0 Å². The number of aromatic nitrogens is 1. The van der Waals surface area contributed by atoms with Crippen molar-refractivity contribution in [3.63, 3.8) is 0 Å². The fourth-order valence-corrected chi connectivity index (χ4v) is 2.00. The molecule has 4 heteroatoms. The highest BCUT2D eigenvalue weighted by Gasteiger charge is 2.05. The number of thioether (sulfide) groups is 1. The van der Waals surface area contributed by atoms with Gasteiger partial charge in [0, 0.05) is 37.1 Å². The van der Waals surface area contributed by atoms with E-state index in [2.05, 4.69) is 41.5 Å². The SMILES string of the molecule is CCNc1ncccc1CN(C)CCSC. The summed E-state index contributed by atoms with van der Waals surface area (Å²) in [5.41, 5.74) is 1.27. The van der Waals surface area contributed by atoms with Crippen LogP contribution in [0.4, 0.5) is 5.82 Å². The molecule has 0 saturated carbocycles. The molecule has 0 fully saturated rings. The van der Waals surface area contributed by atoms with E-state index in [0.29, 0.717) is 0 Å². The van der Waals surface area contributed by atoms with Gasteiger partial charge in [-0.3, -0.25) is 0 Å². The van der Waals surface area contributed by atoms with E-state index < -0.39 is 0 Å². The molecular formula is C12H21N3S. The van der Waals surface area contributed by atoms with Crippen molar-refractivity contribution in [2.45, 2.75) is 13.5 Å². The maximum atomic E-state index is 4.36. The third kappa shape index (κ3) is 4.41. The number of anilines is 1. The van der Waals surface area contributed by atoms with Crippen molar-refractivity contribution in [1.82, 2.24) is 9.88 Å². The van der Waals surface area contributed by atoms with Gasteiger partial charge in [0.25, 0.3) is 0 Å². The summed E-state index contributed by atoms with van der Waals surface area (Å²) in [5, 5.41) is 3.29. The zero-order chi connectivity index (χ0) is 11.8. The van der Waals surface area contributed by atoms with E-state index >= 15 is 0 Å². The third-order valence-corrected chi connectivity index (χ3v) is 2.94. The molecule has 3 nitrogen and oxygen atoms in total. The van der Waals surface area contributed by atoms with Crippen molar-refractivity contribution < 1.29 is 0 Å². The van der Waals surface area contributed by atoms with E-state index in [0.717, 1.165) is 25.5 Å². The Kier molecular flexibility index (Phi) is 6.26. The van der Waals surface area contributed by atoms with Crippen molar-refractivity contribution in [2.75, 3.05) is 37.5 Å². The zero-order valence-electron chi connectivity index (χ0n) is 10.4. The monoisotopic (exact) mass is 239 g/mol. The molecule has 0 aliphatic rings. The summed E-state index contributed by atoms with van der Waals surface area (Å²) in [6.45, 7) is 5.08. The van der Waals surface area contributed by atoms with Crippen LogP contribution in [0.15, 0.2) is 18.3 Å². The predicted molar refractivity (Wildman–Crippen MR) is 73.1 cm³/mol. The molecule has 1 aromatic heterocycles. The molecule has 0 aliphatic heterocycles. The van der Waals surface area contributed by atoms with Crippen LogP contribution in [0.1, 0.15) is 12.5 Å². The second-order valence-corrected chi connectivity index (χ2v) is 4.76. The van der Waals surface area contributed by atoms with Crippen molar-refractivity contribution in [2.24, 2.45) is 0 Å². The Hall–Kier alpha value is -0.740. The summed E-state index contributed by atoms with van der Waals surface area (Å²) in [4.78, 5) is 6.69. The fourth-order valence-electron chi connectivity index (χ4n) is 1.51. The van der Waals surface area contributed by atoms with Crippen LogP contribution in [0.5, 0.6) is 0 Å². The smallest absolute Gasteiger partial charge is 0.130 e. The molecule has 1 rings (SSSR count). The van der Waals surface area contributed by atoms with Crippen LogP contribution in [-0.2, 0) is 6.54 Å². The van der Waals surface area contributed by atoms with E-state index in [4.69, 9.17) is 0 Å². The summed E-state index contributed by atoms with van der Waals surface area (Å²) < 4.78 is 0. The van der Waals surface area contributed by atoms with Crippen LogP contribution in [0.25, 0.3) is 0 Å². The summed E-state index contributed by atoms with van der Waals surface area (Å²) in [7, 11) is 2.15. The first kappa shape index (κ1) is 13.3. The molecule has 0 spiro atoms. The van der Waals surface area contributed by atoms with Crippen LogP contribution >= 0.6 is 11.8 Å². The Morgan fingerprint density at radius 2 is 2.31 bits per heavy atom. The van der Waals surface area contributed by atoms with Gasteiger partial charge < -0.3 is 10.2 Å². The predicted octanol–water partition coefficient (Wildman–Crippen LogP) is 2.31. The molecular weight excluding hydrogens is 218 g/mol. The minimum atomic E-state index is 0.915. The number of nitrogens with one attached hydrogen (secondary N) is 1. The maximum Gasteiger partial charge on any atom is 0.130 e. The standard InChI is InChI=1S/C12H21N3S/c1-4-13-12-11(6-5-7-14-12)10-15(2)8-9-16-3/h5-7H,4,8-10H2,1-3H3,(H,13,14). The number of hydrogen-bond acceptors (Lipinski definition) is 4. The quantitative estimate of drug-likeness (QED) is 0.790. The van der Waals surface area contributed by atoms with E-state index in [-0.39, 0.29) is 0 Å². The van der Waals surface area contributed by atoms with Gasteiger partial charge in [0.2, 0.25) is 0 Å². The molecule has 0 aliphatic carbocycles. The fraction of sp³-hybridized carbons (Fsp3) is 0.583. The third-order valence-electron chi connectivity index (χ3n) is 2.35. The van der Waals surface area contributed by atoms with Gasteiger partial charge in [-0.05, 0) is 26.3 Å². The molecule has 0 bridgehead atoms. The molecule has 0 radical (unpaired) electrons. The van der Waals surface area contributed by atoms with Crippen molar-refractivity contribution in [3.8, 4) is 0 Å². The number of hydrogen-bond donors (Lipinski definition) is 1. The second kappa shape index (κ2) is 7.52. The number of nitrogens with zero attached hydrogens (tertiary/aromatic N) is 2. The largest absolute Gasteiger partial charge is 0.370 e. The summed E-state index contributed by atoms with van der Waals surface area (Å²) in [5.74, 6) is 2.19. The molecule has 1 N–H and O–H groups in total. The summed E-state index contributed by atoms with van der Waals surface area (Å²) in [6.07, 6.45) is 3.98. The molecule has 1 heterocycles. The Balaban J connectivity index is 2.57. The van der Waals surface area contributed by atoms with Gasteiger partial charge in [-0.2, -0.15) is 11.8 Å². The molecule has 0 unspecified atom stereocenters. The van der Waals surface area contributed by atoms with Gasteiger partial charge in [-0.1, -0.05) is 6.07 Å². The summed E-state index contributed by atoms with van der Waals surface area (Å²) in [6, 6.07) is 4.14. The maximum absolute atomic E-state index is 4.36. The van der Waals surface area contributed by atoms with Crippen molar-refractivity contribution in [3.05, 3.63) is 23.9 Å². The van der Waals surface area contributed by atoms with Gasteiger partial charge in [0.05, 0.1) is 0 Å². The molecule has 0 amide bonds. The lowest BCUT2D eigenvalue weighted by Gasteiger charge is -2.17. The van der Waals surface area contributed by atoms with Crippen LogP contribution in [0, 0.1) is 0 Å². The average Bonchev–Trinajstić information content (AvgIpc) is 2.29. The molecule has 0 saturated heterocycles. The van der Waals surface area contributed by atoms with Crippen molar-refractivity contribution in [1.29, 1.82) is 0 Å². The highest BCUT2D eigenvalue weighted by molar-refractivity contribution is 7.98.